The maximum Gasteiger partial charge on any atom is 0.317 e. The van der Waals surface area contributed by atoms with E-state index in [1.54, 1.807) is 7.05 Å². The molecule has 0 spiro atoms. The number of hydrogen-bond acceptors (Lipinski definition) is 9. The van der Waals surface area contributed by atoms with E-state index in [4.69, 9.17) is 14.6 Å². The van der Waals surface area contributed by atoms with Crippen molar-refractivity contribution in [1.82, 2.24) is 20.2 Å². The van der Waals surface area contributed by atoms with Crippen LogP contribution in [0.4, 0.5) is 10.5 Å². The fourth-order valence-corrected chi connectivity index (χ4v) is 6.06. The van der Waals surface area contributed by atoms with Gasteiger partial charge >= 0.3 is 6.03 Å². The quantitative estimate of drug-likeness (QED) is 0.639. The smallest absolute Gasteiger partial charge is 0.317 e. The Morgan fingerprint density at radius 3 is 2.74 bits per heavy atom. The van der Waals surface area contributed by atoms with Crippen LogP contribution in [-0.4, -0.2) is 99.1 Å². The standard InChI is InChI=1S/C27H34N8O3/c1-29-27(36)33-6-3-22-11-19(17-33)26(31-35(22)21-4-8-37-9-5-21)34-7-10-38-25-13-23(18(14-28)12-24(25)34)20-15-30-32(2)16-20/h11-13,15,19-21H,3-10,16-17H2,1-2H3,(H,29,36). The Labute approximate surface area is 222 Å². The molecule has 1 aromatic rings. The van der Waals surface area contributed by atoms with Crippen LogP contribution in [0.15, 0.2) is 34.1 Å². The first kappa shape index (κ1) is 24.6. The summed E-state index contributed by atoms with van der Waals surface area (Å²) in [5.41, 5.74) is 3.56. The number of amidine groups is 1. The molecule has 1 aromatic carbocycles. The molecule has 38 heavy (non-hydrogen) atoms. The number of rotatable bonds is 2. The maximum absolute atomic E-state index is 12.7. The molecular weight excluding hydrogens is 484 g/mol. The third-order valence-corrected chi connectivity index (χ3v) is 8.02. The van der Waals surface area contributed by atoms with E-state index in [0.29, 0.717) is 31.8 Å². The Hall–Kier alpha value is -3.78. The second-order valence-electron chi connectivity index (χ2n) is 10.4. The van der Waals surface area contributed by atoms with Crippen molar-refractivity contribution < 1.29 is 14.3 Å². The molecule has 1 N–H and O–H groups in total. The number of hydrogen-bond donors (Lipinski definition) is 1. The second-order valence-corrected chi connectivity index (χ2v) is 10.4. The van der Waals surface area contributed by atoms with Crippen LogP contribution >= 0.6 is 0 Å². The summed E-state index contributed by atoms with van der Waals surface area (Å²) in [6, 6.07) is 6.52. The number of amides is 2. The molecule has 11 nitrogen and oxygen atoms in total. The molecule has 1 fully saturated rings. The molecule has 1 saturated heterocycles. The minimum atomic E-state index is -0.0782. The van der Waals surface area contributed by atoms with E-state index in [2.05, 4.69) is 32.5 Å². The normalized spacial score (nSPS) is 25.2. The maximum atomic E-state index is 12.7. The third kappa shape index (κ3) is 4.43. The Bertz CT molecular complexity index is 1230. The minimum Gasteiger partial charge on any atom is -0.490 e. The molecule has 0 radical (unpaired) electrons. The summed E-state index contributed by atoms with van der Waals surface area (Å²) in [7, 11) is 3.60. The van der Waals surface area contributed by atoms with Crippen molar-refractivity contribution in [1.29, 1.82) is 5.26 Å². The van der Waals surface area contributed by atoms with Crippen LogP contribution in [0, 0.1) is 17.2 Å². The number of likely N-dealkylation sites (N-methyl/N-ethyl adjacent to an activating group) is 1. The summed E-state index contributed by atoms with van der Waals surface area (Å²) in [4.78, 5) is 16.7. The molecule has 5 aliphatic heterocycles. The van der Waals surface area contributed by atoms with Crippen molar-refractivity contribution in [2.45, 2.75) is 31.2 Å². The van der Waals surface area contributed by atoms with Gasteiger partial charge in [0.1, 0.15) is 18.2 Å². The van der Waals surface area contributed by atoms with E-state index in [1.165, 1.54) is 5.70 Å². The summed E-state index contributed by atoms with van der Waals surface area (Å²) in [5.74, 6) is 1.62. The molecule has 5 aliphatic rings. The highest BCUT2D eigenvalue weighted by atomic mass is 16.5. The van der Waals surface area contributed by atoms with Crippen LogP contribution < -0.4 is 15.0 Å². The third-order valence-electron chi connectivity index (χ3n) is 8.02. The van der Waals surface area contributed by atoms with Gasteiger partial charge in [-0.1, -0.05) is 6.08 Å². The summed E-state index contributed by atoms with van der Waals surface area (Å²) in [6.45, 7) is 4.49. The molecule has 0 saturated carbocycles. The number of fused-ring (bicyclic) bond motifs is 2. The van der Waals surface area contributed by atoms with Crippen LogP contribution in [-0.2, 0) is 4.74 Å². The number of carbonyl (C=O) groups excluding carboxylic acids is 1. The van der Waals surface area contributed by atoms with E-state index in [1.807, 2.05) is 35.3 Å². The van der Waals surface area contributed by atoms with Crippen LogP contribution in [0.5, 0.6) is 5.75 Å². The van der Waals surface area contributed by atoms with E-state index in [9.17, 15) is 10.1 Å². The first-order valence-electron chi connectivity index (χ1n) is 13.4. The van der Waals surface area contributed by atoms with Crippen molar-refractivity contribution in [3.05, 3.63) is 35.0 Å². The fraction of sp³-hybridized carbons (Fsp3) is 0.556. The predicted octanol–water partition coefficient (Wildman–Crippen LogP) is 2.13. The zero-order valence-corrected chi connectivity index (χ0v) is 22.0. The zero-order chi connectivity index (χ0) is 26.2. The van der Waals surface area contributed by atoms with Crippen molar-refractivity contribution >= 4 is 23.8 Å². The highest BCUT2D eigenvalue weighted by Crippen LogP contribution is 2.40. The van der Waals surface area contributed by atoms with Gasteiger partial charge in [0, 0.05) is 71.2 Å². The van der Waals surface area contributed by atoms with Crippen molar-refractivity contribution in [2.24, 2.45) is 16.1 Å². The first-order valence-corrected chi connectivity index (χ1v) is 13.4. The van der Waals surface area contributed by atoms with Gasteiger partial charge in [0.15, 0.2) is 0 Å². The SMILES string of the molecule is CNC(=O)N1CCC2=CC(C1)C(N1CCOc3cc(C4C=NN(C)C4)c(C#N)cc31)=NN2C1CCOCC1. The Morgan fingerprint density at radius 2 is 2.00 bits per heavy atom. The van der Waals surface area contributed by atoms with Crippen LogP contribution in [0.2, 0.25) is 0 Å². The van der Waals surface area contributed by atoms with Gasteiger partial charge in [-0.05, 0) is 30.5 Å². The lowest BCUT2D eigenvalue weighted by Gasteiger charge is -2.41. The topological polar surface area (TPSA) is 109 Å². The summed E-state index contributed by atoms with van der Waals surface area (Å²) >= 11 is 0. The highest BCUT2D eigenvalue weighted by Gasteiger charge is 2.38. The molecule has 2 amide bonds. The largest absolute Gasteiger partial charge is 0.490 e. The summed E-state index contributed by atoms with van der Waals surface area (Å²) in [6.07, 6.45) is 6.77. The average Bonchev–Trinajstić information content (AvgIpc) is 3.31. The number of urea groups is 1. The molecule has 200 valence electrons. The summed E-state index contributed by atoms with van der Waals surface area (Å²) in [5, 5.41) is 26.6. The second kappa shape index (κ2) is 10.2. The van der Waals surface area contributed by atoms with Gasteiger partial charge in [-0.3, -0.25) is 10.0 Å². The summed E-state index contributed by atoms with van der Waals surface area (Å²) < 4.78 is 11.8. The Balaban J connectivity index is 1.39. The number of nitrogens with zero attached hydrogens (tertiary/aromatic N) is 7. The molecule has 11 heteroatoms. The molecular formula is C27H34N8O3. The number of benzene rings is 1. The molecule has 6 rings (SSSR count). The van der Waals surface area contributed by atoms with E-state index >= 15 is 0 Å². The minimum absolute atomic E-state index is 0.0448. The number of nitrogens with one attached hydrogen (secondary N) is 1. The molecule has 2 bridgehead atoms. The van der Waals surface area contributed by atoms with Gasteiger partial charge in [-0.25, -0.2) is 4.79 Å². The molecule has 2 unspecified atom stereocenters. The van der Waals surface area contributed by atoms with Crippen molar-refractivity contribution in [3.8, 4) is 11.8 Å². The number of hydrazone groups is 2. The van der Waals surface area contributed by atoms with Gasteiger partial charge in [-0.15, -0.1) is 0 Å². The lowest BCUT2D eigenvalue weighted by Crippen LogP contribution is -2.49. The number of nitriles is 1. The fourth-order valence-electron chi connectivity index (χ4n) is 6.06. The Kier molecular flexibility index (Phi) is 6.57. The number of carbonyl (C=O) groups is 1. The molecule has 0 aliphatic carbocycles. The molecule has 0 aromatic heterocycles. The van der Waals surface area contributed by atoms with Crippen LogP contribution in [0.25, 0.3) is 0 Å². The Morgan fingerprint density at radius 1 is 1.16 bits per heavy atom. The first-order chi connectivity index (χ1) is 18.6. The van der Waals surface area contributed by atoms with Gasteiger partial charge in [0.25, 0.3) is 0 Å². The highest BCUT2D eigenvalue weighted by molar-refractivity contribution is 6.03. The average molecular weight is 519 g/mol. The van der Waals surface area contributed by atoms with Crippen LogP contribution in [0.3, 0.4) is 0 Å². The predicted molar refractivity (Wildman–Crippen MR) is 143 cm³/mol. The van der Waals surface area contributed by atoms with E-state index in [0.717, 1.165) is 61.9 Å². The lowest BCUT2D eigenvalue weighted by atomic mass is 9.93. The van der Waals surface area contributed by atoms with Crippen molar-refractivity contribution in [3.63, 3.8) is 0 Å². The zero-order valence-electron chi connectivity index (χ0n) is 22.0. The van der Waals surface area contributed by atoms with E-state index in [-0.39, 0.29) is 23.9 Å². The number of ether oxygens (including phenoxy) is 2. The lowest BCUT2D eigenvalue weighted by molar-refractivity contribution is 0.0445. The van der Waals surface area contributed by atoms with Gasteiger partial charge < -0.3 is 24.6 Å². The van der Waals surface area contributed by atoms with Gasteiger partial charge in [0.05, 0.1) is 35.8 Å². The number of anilines is 1. The molecule has 5 heterocycles. The monoisotopic (exact) mass is 518 g/mol. The van der Waals surface area contributed by atoms with Crippen molar-refractivity contribution in [2.75, 3.05) is 65.0 Å². The van der Waals surface area contributed by atoms with Gasteiger partial charge in [0.2, 0.25) is 0 Å². The molecule has 2 atom stereocenters. The van der Waals surface area contributed by atoms with E-state index < -0.39 is 0 Å². The van der Waals surface area contributed by atoms with Gasteiger partial charge in [-0.2, -0.15) is 15.5 Å². The van der Waals surface area contributed by atoms with Crippen LogP contribution in [0.1, 0.15) is 36.3 Å².